The maximum atomic E-state index is 14.6. The molecule has 0 radical (unpaired) electrons. The largest absolute Gasteiger partial charge is 0.461 e. The van der Waals surface area contributed by atoms with E-state index in [4.69, 9.17) is 5.73 Å². The Morgan fingerprint density at radius 3 is 2.38 bits per heavy atom. The van der Waals surface area contributed by atoms with Gasteiger partial charge in [-0.25, -0.2) is 13.6 Å². The van der Waals surface area contributed by atoms with Gasteiger partial charge in [-0.05, 0) is 25.1 Å². The second-order valence-corrected chi connectivity index (χ2v) is 5.70. The van der Waals surface area contributed by atoms with Crippen molar-refractivity contribution in [3.63, 3.8) is 0 Å². The summed E-state index contributed by atoms with van der Waals surface area (Å²) in [5, 5.41) is 1.93. The number of amides is 2. The van der Waals surface area contributed by atoms with Gasteiger partial charge >= 0.3 is 12.1 Å². The molecular formula is C17H14F5N3O4. The average molecular weight is 419 g/mol. The third-order valence-electron chi connectivity index (χ3n) is 3.55. The van der Waals surface area contributed by atoms with Crippen molar-refractivity contribution in [2.75, 3.05) is 11.9 Å². The highest BCUT2D eigenvalue weighted by Crippen LogP contribution is 2.31. The normalized spacial score (nSPS) is 11.2. The van der Waals surface area contributed by atoms with Crippen LogP contribution in [-0.4, -0.2) is 29.0 Å². The van der Waals surface area contributed by atoms with Crippen LogP contribution in [0.3, 0.4) is 0 Å². The molecule has 2 amide bonds. The van der Waals surface area contributed by atoms with E-state index >= 15 is 0 Å². The van der Waals surface area contributed by atoms with Gasteiger partial charge in [0.25, 0.3) is 5.91 Å². The summed E-state index contributed by atoms with van der Waals surface area (Å²) in [6.07, 6.45) is -4.07. The van der Waals surface area contributed by atoms with Gasteiger partial charge in [-0.1, -0.05) is 0 Å². The Morgan fingerprint density at radius 2 is 1.83 bits per heavy atom. The Kier molecular flexibility index (Phi) is 6.25. The quantitative estimate of drug-likeness (QED) is 0.555. The van der Waals surface area contributed by atoms with Crippen LogP contribution in [-0.2, 0) is 22.3 Å². The van der Waals surface area contributed by atoms with Crippen LogP contribution >= 0.6 is 0 Å². The van der Waals surface area contributed by atoms with E-state index < -0.39 is 64.6 Å². The van der Waals surface area contributed by atoms with Crippen LogP contribution in [0, 0.1) is 11.6 Å². The van der Waals surface area contributed by atoms with Crippen molar-refractivity contribution in [3.8, 4) is 0 Å². The highest BCUT2D eigenvalue weighted by Gasteiger charge is 2.32. The third kappa shape index (κ3) is 5.09. The number of alkyl halides is 3. The molecule has 0 saturated carbocycles. The summed E-state index contributed by atoms with van der Waals surface area (Å²) >= 11 is 0. The van der Waals surface area contributed by atoms with Crippen molar-refractivity contribution in [3.05, 3.63) is 52.9 Å². The molecule has 29 heavy (non-hydrogen) atoms. The summed E-state index contributed by atoms with van der Waals surface area (Å²) < 4.78 is 71.9. The second-order valence-electron chi connectivity index (χ2n) is 5.70. The minimum atomic E-state index is -4.91. The van der Waals surface area contributed by atoms with Gasteiger partial charge in [0.2, 0.25) is 5.91 Å². The van der Waals surface area contributed by atoms with Crippen LogP contribution in [0.15, 0.2) is 24.4 Å². The molecular weight excluding hydrogens is 405 g/mol. The maximum Gasteiger partial charge on any atom is 0.416 e. The molecule has 0 atom stereocenters. The van der Waals surface area contributed by atoms with E-state index in [1.54, 1.807) is 0 Å². The molecule has 0 unspecified atom stereocenters. The van der Waals surface area contributed by atoms with Gasteiger partial charge in [0.1, 0.15) is 12.4 Å². The molecule has 0 fully saturated rings. The molecule has 0 aliphatic carbocycles. The van der Waals surface area contributed by atoms with Crippen molar-refractivity contribution >= 4 is 23.5 Å². The molecule has 2 rings (SSSR count). The first-order valence-electron chi connectivity index (χ1n) is 7.97. The molecule has 0 spiro atoms. The third-order valence-corrected chi connectivity index (χ3v) is 3.55. The molecule has 7 nitrogen and oxygen atoms in total. The SMILES string of the molecule is CCOC(=O)c1c(F)c(NC(=O)c2cc(F)cc(C(F)(F)F)c2)cn1CC(N)=O. The Labute approximate surface area is 160 Å². The molecule has 1 aromatic heterocycles. The number of nitrogens with one attached hydrogen (secondary N) is 1. The Morgan fingerprint density at radius 1 is 1.17 bits per heavy atom. The van der Waals surface area contributed by atoms with Gasteiger partial charge < -0.3 is 20.4 Å². The first-order chi connectivity index (χ1) is 13.4. The first kappa shape index (κ1) is 21.9. The smallest absolute Gasteiger partial charge is 0.416 e. The Bertz CT molecular complexity index is 969. The van der Waals surface area contributed by atoms with Crippen LogP contribution < -0.4 is 11.1 Å². The summed E-state index contributed by atoms with van der Waals surface area (Å²) in [7, 11) is 0. The van der Waals surface area contributed by atoms with Crippen LogP contribution in [0.5, 0.6) is 0 Å². The molecule has 0 aliphatic rings. The summed E-state index contributed by atoms with van der Waals surface area (Å²) in [6, 6.07) is 1.09. The van der Waals surface area contributed by atoms with Crippen molar-refractivity contribution < 1.29 is 41.1 Å². The van der Waals surface area contributed by atoms with E-state index in [-0.39, 0.29) is 12.7 Å². The van der Waals surface area contributed by atoms with E-state index in [2.05, 4.69) is 4.74 Å². The number of carbonyl (C=O) groups excluding carboxylic acids is 3. The summed E-state index contributed by atoms with van der Waals surface area (Å²) in [6.45, 7) is 0.687. The summed E-state index contributed by atoms with van der Waals surface area (Å²) in [5.41, 5.74) is 1.50. The fraction of sp³-hybridized carbons (Fsp3) is 0.235. The molecule has 2 aromatic rings. The van der Waals surface area contributed by atoms with Crippen molar-refractivity contribution in [2.24, 2.45) is 5.73 Å². The topological polar surface area (TPSA) is 103 Å². The number of rotatable bonds is 6. The van der Waals surface area contributed by atoms with Gasteiger partial charge in [0.15, 0.2) is 11.5 Å². The lowest BCUT2D eigenvalue weighted by Gasteiger charge is -2.09. The number of nitrogens with two attached hydrogens (primary N) is 1. The van der Waals surface area contributed by atoms with Gasteiger partial charge in [-0.15, -0.1) is 0 Å². The zero-order valence-corrected chi connectivity index (χ0v) is 14.8. The number of hydrogen-bond donors (Lipinski definition) is 2. The number of anilines is 1. The predicted molar refractivity (Wildman–Crippen MR) is 88.9 cm³/mol. The number of benzene rings is 1. The number of aromatic nitrogens is 1. The number of carbonyl (C=O) groups is 3. The highest BCUT2D eigenvalue weighted by molar-refractivity contribution is 6.05. The average Bonchev–Trinajstić information content (AvgIpc) is 2.88. The summed E-state index contributed by atoms with van der Waals surface area (Å²) in [4.78, 5) is 35.2. The van der Waals surface area contributed by atoms with E-state index in [0.717, 1.165) is 10.8 Å². The molecule has 12 heteroatoms. The molecule has 0 aliphatic heterocycles. The van der Waals surface area contributed by atoms with Gasteiger partial charge in [-0.3, -0.25) is 9.59 Å². The van der Waals surface area contributed by atoms with Crippen molar-refractivity contribution in [1.29, 1.82) is 0 Å². The fourth-order valence-electron chi connectivity index (χ4n) is 2.40. The molecule has 3 N–H and O–H groups in total. The molecule has 156 valence electrons. The number of primary amides is 1. The monoisotopic (exact) mass is 419 g/mol. The second kappa shape index (κ2) is 8.29. The van der Waals surface area contributed by atoms with Crippen molar-refractivity contribution in [2.45, 2.75) is 19.6 Å². The van der Waals surface area contributed by atoms with E-state index in [0.29, 0.717) is 12.1 Å². The molecule has 1 aromatic carbocycles. The number of esters is 1. The molecule has 0 saturated heterocycles. The predicted octanol–water partition coefficient (Wildman–Crippen LogP) is 2.70. The van der Waals surface area contributed by atoms with Crippen LogP contribution in [0.1, 0.15) is 33.3 Å². The van der Waals surface area contributed by atoms with Gasteiger partial charge in [0, 0.05) is 11.8 Å². The standard InChI is InChI=1S/C17H14F5N3O4/c1-2-29-16(28)14-13(19)11(6-25(14)7-12(23)26)24-15(27)8-3-9(17(20,21)22)5-10(18)4-8/h3-6H,2,7H2,1H3,(H2,23,26)(H,24,27). The van der Waals surface area contributed by atoms with Gasteiger partial charge in [-0.2, -0.15) is 13.2 Å². The Hall–Kier alpha value is -3.44. The zero-order chi connectivity index (χ0) is 21.9. The lowest BCUT2D eigenvalue weighted by Crippen LogP contribution is -2.22. The number of ether oxygens (including phenoxy) is 1. The van der Waals surface area contributed by atoms with E-state index in [9.17, 15) is 36.3 Å². The lowest BCUT2D eigenvalue weighted by molar-refractivity contribution is -0.137. The molecule has 1 heterocycles. The first-order valence-corrected chi connectivity index (χ1v) is 7.97. The zero-order valence-electron chi connectivity index (χ0n) is 14.8. The minimum absolute atomic E-state index is 0.120. The lowest BCUT2D eigenvalue weighted by atomic mass is 10.1. The fourth-order valence-corrected chi connectivity index (χ4v) is 2.40. The van der Waals surface area contributed by atoms with Crippen LogP contribution in [0.4, 0.5) is 27.6 Å². The van der Waals surface area contributed by atoms with Crippen molar-refractivity contribution in [1.82, 2.24) is 4.57 Å². The number of halogens is 5. The van der Waals surface area contributed by atoms with E-state index in [1.807, 2.05) is 5.32 Å². The van der Waals surface area contributed by atoms with E-state index in [1.165, 1.54) is 6.92 Å². The number of nitrogens with zero attached hydrogens (tertiary/aromatic N) is 1. The number of hydrogen-bond acceptors (Lipinski definition) is 4. The van der Waals surface area contributed by atoms with Crippen LogP contribution in [0.25, 0.3) is 0 Å². The van der Waals surface area contributed by atoms with Crippen LogP contribution in [0.2, 0.25) is 0 Å². The highest BCUT2D eigenvalue weighted by atomic mass is 19.4. The minimum Gasteiger partial charge on any atom is -0.461 e. The van der Waals surface area contributed by atoms with Gasteiger partial charge in [0.05, 0.1) is 17.9 Å². The molecule has 0 bridgehead atoms. The summed E-state index contributed by atoms with van der Waals surface area (Å²) in [5.74, 6) is -6.00. The maximum absolute atomic E-state index is 14.6. The Balaban J connectivity index is 2.41.